The number of hydrogen-bond donors (Lipinski definition) is 1. The molecule has 1 fully saturated rings. The summed E-state index contributed by atoms with van der Waals surface area (Å²) in [5, 5.41) is 0. The molecule has 26 heavy (non-hydrogen) atoms. The summed E-state index contributed by atoms with van der Waals surface area (Å²) in [6.07, 6.45) is 3.56. The first-order valence-electron chi connectivity index (χ1n) is 9.50. The van der Waals surface area contributed by atoms with Crippen molar-refractivity contribution in [2.45, 2.75) is 52.6 Å². The number of nitrogens with two attached hydrogens (primary N) is 1. The van der Waals surface area contributed by atoms with Crippen molar-refractivity contribution in [3.05, 3.63) is 33.8 Å². The number of halogens is 1. The van der Waals surface area contributed by atoms with Gasteiger partial charge in [0.1, 0.15) is 0 Å². The van der Waals surface area contributed by atoms with E-state index in [2.05, 4.69) is 35.8 Å². The largest absolute Gasteiger partial charge is 0.466 e. The van der Waals surface area contributed by atoms with Crippen LogP contribution in [0.25, 0.3) is 0 Å². The zero-order valence-corrected chi connectivity index (χ0v) is 18.0. The number of esters is 1. The Morgan fingerprint density at radius 3 is 2.46 bits per heavy atom. The van der Waals surface area contributed by atoms with E-state index >= 15 is 0 Å². The Bertz CT molecular complexity index is 607. The highest BCUT2D eigenvalue weighted by atomic mass is 79.9. The Labute approximate surface area is 165 Å². The van der Waals surface area contributed by atoms with Gasteiger partial charge in [-0.3, -0.25) is 4.79 Å². The lowest BCUT2D eigenvalue weighted by Crippen LogP contribution is -2.46. The van der Waals surface area contributed by atoms with Crippen molar-refractivity contribution in [2.24, 2.45) is 23.0 Å². The van der Waals surface area contributed by atoms with Crippen LogP contribution in [-0.2, 0) is 27.1 Å². The minimum absolute atomic E-state index is 0.0467. The molecule has 4 nitrogen and oxygen atoms in total. The predicted octanol–water partition coefficient (Wildman–Crippen LogP) is 4.12. The fourth-order valence-corrected chi connectivity index (χ4v) is 5.20. The van der Waals surface area contributed by atoms with Crippen molar-refractivity contribution >= 4 is 21.9 Å². The Balaban J connectivity index is 2.26. The Morgan fingerprint density at radius 2 is 1.92 bits per heavy atom. The minimum atomic E-state index is -0.182. The highest BCUT2D eigenvalue weighted by molar-refractivity contribution is 9.10. The standard InChI is InChI=1S/C21H32BrNO3/c1-5-26-19(24)9-17-8-18(22)7-6-16(17)12-21(13-23)10-14(2)20(25-4)15(3)11-21/h6-8,14-15,20H,5,9-13,23H2,1-4H3/t14-,15+,20?,21?. The van der Waals surface area contributed by atoms with Gasteiger partial charge in [-0.05, 0) is 73.2 Å². The normalized spacial score (nSPS) is 28.8. The Morgan fingerprint density at radius 1 is 1.27 bits per heavy atom. The quantitative estimate of drug-likeness (QED) is 0.667. The molecule has 0 saturated heterocycles. The Hall–Kier alpha value is -0.910. The second kappa shape index (κ2) is 9.34. The molecule has 2 rings (SSSR count). The van der Waals surface area contributed by atoms with Gasteiger partial charge in [0.25, 0.3) is 0 Å². The molecule has 1 aromatic carbocycles. The molecular formula is C21H32BrNO3. The van der Waals surface area contributed by atoms with Gasteiger partial charge in [0, 0.05) is 11.6 Å². The van der Waals surface area contributed by atoms with Gasteiger partial charge in [0.2, 0.25) is 0 Å². The summed E-state index contributed by atoms with van der Waals surface area (Å²) in [5.74, 6) is 0.756. The lowest BCUT2D eigenvalue weighted by atomic mass is 9.62. The molecule has 1 saturated carbocycles. The third kappa shape index (κ3) is 5.08. The molecular weight excluding hydrogens is 394 g/mol. The average molecular weight is 426 g/mol. The topological polar surface area (TPSA) is 61.5 Å². The van der Waals surface area contributed by atoms with Crippen LogP contribution in [0.4, 0.5) is 0 Å². The third-order valence-corrected chi connectivity index (χ3v) is 6.20. The summed E-state index contributed by atoms with van der Waals surface area (Å²) in [7, 11) is 1.80. The molecule has 0 aromatic heterocycles. The van der Waals surface area contributed by atoms with E-state index in [-0.39, 0.29) is 11.4 Å². The molecule has 4 atom stereocenters. The molecule has 146 valence electrons. The van der Waals surface area contributed by atoms with Crippen LogP contribution in [0.1, 0.15) is 44.7 Å². The Kier molecular flexibility index (Phi) is 7.68. The molecule has 0 spiro atoms. The maximum absolute atomic E-state index is 12.0. The minimum Gasteiger partial charge on any atom is -0.466 e. The van der Waals surface area contributed by atoms with E-state index in [0.29, 0.717) is 37.5 Å². The van der Waals surface area contributed by atoms with Crippen LogP contribution in [0.15, 0.2) is 22.7 Å². The molecule has 0 heterocycles. The lowest BCUT2D eigenvalue weighted by molar-refractivity contribution is -0.142. The molecule has 0 amide bonds. The number of ether oxygens (including phenoxy) is 2. The maximum atomic E-state index is 12.0. The molecule has 2 unspecified atom stereocenters. The van der Waals surface area contributed by atoms with E-state index in [1.807, 2.05) is 19.1 Å². The number of carbonyl (C=O) groups excluding carboxylic acids is 1. The maximum Gasteiger partial charge on any atom is 0.310 e. The van der Waals surface area contributed by atoms with E-state index in [1.165, 1.54) is 5.56 Å². The summed E-state index contributed by atoms with van der Waals surface area (Å²) in [4.78, 5) is 12.0. The molecule has 1 aliphatic rings. The first-order valence-corrected chi connectivity index (χ1v) is 10.3. The van der Waals surface area contributed by atoms with Crippen LogP contribution in [0, 0.1) is 17.3 Å². The predicted molar refractivity (Wildman–Crippen MR) is 108 cm³/mol. The van der Waals surface area contributed by atoms with Gasteiger partial charge < -0.3 is 15.2 Å². The van der Waals surface area contributed by atoms with Crippen LogP contribution in [0.3, 0.4) is 0 Å². The summed E-state index contributed by atoms with van der Waals surface area (Å²) in [6, 6.07) is 6.19. The smallest absolute Gasteiger partial charge is 0.310 e. The van der Waals surface area contributed by atoms with Gasteiger partial charge in [0.05, 0.1) is 19.1 Å². The molecule has 5 heteroatoms. The van der Waals surface area contributed by atoms with E-state index in [1.54, 1.807) is 7.11 Å². The van der Waals surface area contributed by atoms with Gasteiger partial charge in [0.15, 0.2) is 0 Å². The highest BCUT2D eigenvalue weighted by Gasteiger charge is 2.42. The van der Waals surface area contributed by atoms with E-state index in [4.69, 9.17) is 15.2 Å². The zero-order valence-electron chi connectivity index (χ0n) is 16.4. The molecule has 0 radical (unpaired) electrons. The van der Waals surface area contributed by atoms with Crippen molar-refractivity contribution < 1.29 is 14.3 Å². The van der Waals surface area contributed by atoms with Crippen LogP contribution < -0.4 is 5.73 Å². The number of benzene rings is 1. The van der Waals surface area contributed by atoms with Gasteiger partial charge in [-0.2, -0.15) is 0 Å². The van der Waals surface area contributed by atoms with Crippen LogP contribution in [-0.4, -0.2) is 32.3 Å². The van der Waals surface area contributed by atoms with Gasteiger partial charge >= 0.3 is 5.97 Å². The molecule has 1 aromatic rings. The van der Waals surface area contributed by atoms with E-state index in [9.17, 15) is 4.79 Å². The third-order valence-electron chi connectivity index (χ3n) is 5.71. The van der Waals surface area contributed by atoms with Gasteiger partial charge in [-0.15, -0.1) is 0 Å². The second-order valence-electron chi connectivity index (χ2n) is 7.84. The number of carbonyl (C=O) groups is 1. The monoisotopic (exact) mass is 425 g/mol. The van der Waals surface area contributed by atoms with Gasteiger partial charge in [-0.1, -0.05) is 35.8 Å². The fraction of sp³-hybridized carbons (Fsp3) is 0.667. The first kappa shape index (κ1) is 21.4. The van der Waals surface area contributed by atoms with Crippen LogP contribution in [0.2, 0.25) is 0 Å². The SMILES string of the molecule is CCOC(=O)Cc1cc(Br)ccc1CC1(CN)C[C@@H](C)C(OC)[C@@H](C)C1. The summed E-state index contributed by atoms with van der Waals surface area (Å²) in [6.45, 7) is 7.40. The molecule has 2 N–H and O–H groups in total. The average Bonchev–Trinajstić information content (AvgIpc) is 2.57. The van der Waals surface area contributed by atoms with Crippen LogP contribution in [0.5, 0.6) is 0 Å². The first-order chi connectivity index (χ1) is 12.3. The molecule has 0 aliphatic heterocycles. The van der Waals surface area contributed by atoms with Crippen LogP contribution >= 0.6 is 15.9 Å². The zero-order chi connectivity index (χ0) is 19.3. The highest BCUT2D eigenvalue weighted by Crippen LogP contribution is 2.45. The fourth-order valence-electron chi connectivity index (χ4n) is 4.79. The van der Waals surface area contributed by atoms with E-state index in [0.717, 1.165) is 29.3 Å². The number of hydrogen-bond acceptors (Lipinski definition) is 4. The van der Waals surface area contributed by atoms with E-state index < -0.39 is 0 Å². The number of methoxy groups -OCH3 is 1. The van der Waals surface area contributed by atoms with Gasteiger partial charge in [-0.25, -0.2) is 0 Å². The second-order valence-corrected chi connectivity index (χ2v) is 8.75. The van der Waals surface area contributed by atoms with Crippen molar-refractivity contribution in [1.29, 1.82) is 0 Å². The molecule has 1 aliphatic carbocycles. The summed E-state index contributed by atoms with van der Waals surface area (Å²) < 4.78 is 11.8. The summed E-state index contributed by atoms with van der Waals surface area (Å²) >= 11 is 3.52. The summed E-state index contributed by atoms with van der Waals surface area (Å²) in [5.41, 5.74) is 8.56. The van der Waals surface area contributed by atoms with Crippen molar-refractivity contribution in [2.75, 3.05) is 20.3 Å². The van der Waals surface area contributed by atoms with Crippen molar-refractivity contribution in [3.63, 3.8) is 0 Å². The molecule has 0 bridgehead atoms. The van der Waals surface area contributed by atoms with Crippen molar-refractivity contribution in [3.8, 4) is 0 Å². The number of rotatable bonds is 7. The lowest BCUT2D eigenvalue weighted by Gasteiger charge is -2.46. The van der Waals surface area contributed by atoms with Crippen molar-refractivity contribution in [1.82, 2.24) is 0 Å².